The Morgan fingerprint density at radius 1 is 1.22 bits per heavy atom. The Balaban J connectivity index is 1.78. The Labute approximate surface area is 151 Å². The van der Waals surface area contributed by atoms with Crippen molar-refractivity contribution in [2.45, 2.75) is 49.9 Å². The first-order valence-corrected chi connectivity index (χ1v) is 10.0. The predicted molar refractivity (Wildman–Crippen MR) is 99.3 cm³/mol. The molecule has 1 aromatic carbocycles. The van der Waals surface area contributed by atoms with Crippen LogP contribution in [0.25, 0.3) is 0 Å². The molecule has 124 valence electrons. The highest BCUT2D eigenvalue weighted by atomic mass is 79.9. The van der Waals surface area contributed by atoms with Crippen LogP contribution in [0.5, 0.6) is 0 Å². The minimum atomic E-state index is -0.0385. The number of halogens is 2. The zero-order chi connectivity index (χ0) is 16.2. The fraction of sp³-hybridized carbons (Fsp3) is 0.526. The molecule has 3 unspecified atom stereocenters. The molecule has 0 heterocycles. The molecule has 0 spiro atoms. The van der Waals surface area contributed by atoms with E-state index in [0.29, 0.717) is 0 Å². The maximum atomic E-state index is 13.0. The number of hydrogen-bond donors (Lipinski definition) is 1. The van der Waals surface area contributed by atoms with Gasteiger partial charge in [0.2, 0.25) is 0 Å². The van der Waals surface area contributed by atoms with Gasteiger partial charge in [-0.05, 0) is 38.5 Å². The van der Waals surface area contributed by atoms with E-state index in [2.05, 4.69) is 21.2 Å². The van der Waals surface area contributed by atoms with Crippen LogP contribution >= 0.6 is 27.5 Å². The molecule has 2 aliphatic rings. The Bertz CT molecular complexity index is 580. The van der Waals surface area contributed by atoms with Gasteiger partial charge in [0.1, 0.15) is 0 Å². The van der Waals surface area contributed by atoms with Crippen molar-refractivity contribution in [1.82, 2.24) is 5.32 Å². The molecule has 4 heteroatoms. The maximum absolute atomic E-state index is 13.0. The second kappa shape index (κ2) is 7.85. The molecule has 1 N–H and O–H groups in total. The van der Waals surface area contributed by atoms with Crippen LogP contribution in [0.3, 0.4) is 0 Å². The summed E-state index contributed by atoms with van der Waals surface area (Å²) in [4.78, 5) is 13.0. The Morgan fingerprint density at radius 2 is 1.96 bits per heavy atom. The second-order valence-corrected chi connectivity index (χ2v) is 7.75. The molecule has 1 aromatic rings. The third-order valence-corrected chi connectivity index (χ3v) is 6.02. The maximum Gasteiger partial charge on any atom is 0.168 e. The number of rotatable bonds is 5. The third kappa shape index (κ3) is 4.00. The van der Waals surface area contributed by atoms with E-state index in [0.717, 1.165) is 30.2 Å². The molecular formula is C19H23BrClNO. The molecule has 0 aliphatic heterocycles. The van der Waals surface area contributed by atoms with Crippen LogP contribution in [0.15, 0.2) is 41.6 Å². The van der Waals surface area contributed by atoms with Crippen molar-refractivity contribution in [2.24, 2.45) is 5.92 Å². The average Bonchev–Trinajstić information content (AvgIpc) is 2.54. The quantitative estimate of drug-likeness (QED) is 0.556. The van der Waals surface area contributed by atoms with Gasteiger partial charge >= 0.3 is 0 Å². The molecule has 23 heavy (non-hydrogen) atoms. The minimum absolute atomic E-state index is 0.0385. The highest BCUT2D eigenvalue weighted by Gasteiger charge is 2.35. The van der Waals surface area contributed by atoms with Crippen molar-refractivity contribution in [1.29, 1.82) is 0 Å². The summed E-state index contributed by atoms with van der Waals surface area (Å²) < 4.78 is 0. The van der Waals surface area contributed by atoms with Crippen LogP contribution in [0.4, 0.5) is 0 Å². The van der Waals surface area contributed by atoms with Crippen LogP contribution in [0.2, 0.25) is 0 Å². The standard InChI is InChI=1S/C19H23BrClNO/c20-12-18(13-7-4-8-13)22-17-10-9-15(21)11-16(17)19(23)14-5-2-1-3-6-14/h1-3,5-6,15-17,22H,4,7-12H2. The SMILES string of the molecule is O=C(c1ccccc1)C1CC(Cl)CCC1NC(CBr)=C1CCC1. The largest absolute Gasteiger partial charge is 0.384 e. The van der Waals surface area contributed by atoms with Gasteiger partial charge in [-0.25, -0.2) is 0 Å². The first-order chi connectivity index (χ1) is 11.2. The van der Waals surface area contributed by atoms with Gasteiger partial charge in [0, 0.05) is 33.9 Å². The van der Waals surface area contributed by atoms with E-state index in [9.17, 15) is 4.79 Å². The molecular weight excluding hydrogens is 374 g/mol. The molecule has 0 radical (unpaired) electrons. The number of hydrogen-bond acceptors (Lipinski definition) is 2. The van der Waals surface area contributed by atoms with Crippen LogP contribution < -0.4 is 5.32 Å². The summed E-state index contributed by atoms with van der Waals surface area (Å²) in [5.74, 6) is 0.185. The summed E-state index contributed by atoms with van der Waals surface area (Å²) in [6, 6.07) is 9.81. The number of nitrogens with one attached hydrogen (secondary N) is 1. The third-order valence-electron chi connectivity index (χ3n) is 5.06. The second-order valence-electron chi connectivity index (χ2n) is 6.57. The number of ketones is 1. The molecule has 0 saturated heterocycles. The molecule has 0 aromatic heterocycles. The van der Waals surface area contributed by atoms with Crippen molar-refractivity contribution < 1.29 is 4.79 Å². The molecule has 2 saturated carbocycles. The lowest BCUT2D eigenvalue weighted by molar-refractivity contribution is 0.0859. The molecule has 2 aliphatic carbocycles. The highest BCUT2D eigenvalue weighted by Crippen LogP contribution is 2.34. The number of allylic oxidation sites excluding steroid dienone is 2. The topological polar surface area (TPSA) is 29.1 Å². The number of Topliss-reactive ketones (excluding diaryl/α,β-unsaturated/α-hetero) is 1. The molecule has 3 atom stereocenters. The lowest BCUT2D eigenvalue weighted by Gasteiger charge is -2.36. The van der Waals surface area contributed by atoms with Gasteiger partial charge in [-0.3, -0.25) is 4.79 Å². The van der Waals surface area contributed by atoms with Gasteiger partial charge in [0.15, 0.2) is 5.78 Å². The lowest BCUT2D eigenvalue weighted by atomic mass is 9.79. The van der Waals surface area contributed by atoms with E-state index in [1.807, 2.05) is 30.3 Å². The number of carbonyl (C=O) groups excluding carboxylic acids is 1. The monoisotopic (exact) mass is 395 g/mol. The van der Waals surface area contributed by atoms with Gasteiger partial charge in [0.05, 0.1) is 0 Å². The number of benzene rings is 1. The normalized spacial score (nSPS) is 27.2. The van der Waals surface area contributed by atoms with E-state index in [4.69, 9.17) is 11.6 Å². The molecule has 0 bridgehead atoms. The van der Waals surface area contributed by atoms with E-state index in [1.165, 1.54) is 30.5 Å². The minimum Gasteiger partial charge on any atom is -0.384 e. The summed E-state index contributed by atoms with van der Waals surface area (Å²) in [6.07, 6.45) is 6.36. The lowest BCUT2D eigenvalue weighted by Crippen LogP contribution is -2.45. The van der Waals surface area contributed by atoms with Gasteiger partial charge in [-0.2, -0.15) is 0 Å². The summed E-state index contributed by atoms with van der Waals surface area (Å²) in [5, 5.41) is 4.63. The summed E-state index contributed by atoms with van der Waals surface area (Å²) in [7, 11) is 0. The van der Waals surface area contributed by atoms with E-state index in [1.54, 1.807) is 0 Å². The highest BCUT2D eigenvalue weighted by molar-refractivity contribution is 9.09. The zero-order valence-corrected chi connectivity index (χ0v) is 15.6. The van der Waals surface area contributed by atoms with Gasteiger partial charge in [0.25, 0.3) is 0 Å². The Morgan fingerprint density at radius 3 is 2.57 bits per heavy atom. The van der Waals surface area contributed by atoms with Gasteiger partial charge in [-0.15, -0.1) is 11.6 Å². The van der Waals surface area contributed by atoms with Crippen LogP contribution in [-0.4, -0.2) is 22.5 Å². The van der Waals surface area contributed by atoms with Gasteiger partial charge in [-0.1, -0.05) is 51.8 Å². The Kier molecular flexibility index (Phi) is 5.81. The summed E-state index contributed by atoms with van der Waals surface area (Å²) in [6.45, 7) is 0. The molecule has 2 fully saturated rings. The van der Waals surface area contributed by atoms with Crippen LogP contribution in [-0.2, 0) is 0 Å². The molecule has 3 rings (SSSR count). The van der Waals surface area contributed by atoms with E-state index in [-0.39, 0.29) is 23.1 Å². The number of alkyl halides is 2. The van der Waals surface area contributed by atoms with E-state index >= 15 is 0 Å². The van der Waals surface area contributed by atoms with E-state index < -0.39 is 0 Å². The Hall–Kier alpha value is -0.800. The average molecular weight is 397 g/mol. The fourth-order valence-electron chi connectivity index (χ4n) is 3.51. The van der Waals surface area contributed by atoms with Crippen molar-refractivity contribution in [3.63, 3.8) is 0 Å². The van der Waals surface area contributed by atoms with Crippen molar-refractivity contribution in [2.75, 3.05) is 5.33 Å². The molecule has 2 nitrogen and oxygen atoms in total. The molecule has 0 amide bonds. The van der Waals surface area contributed by atoms with Crippen molar-refractivity contribution in [3.8, 4) is 0 Å². The van der Waals surface area contributed by atoms with Crippen LogP contribution in [0.1, 0.15) is 48.9 Å². The summed E-state index contributed by atoms with van der Waals surface area (Å²) in [5.41, 5.74) is 3.60. The summed E-state index contributed by atoms with van der Waals surface area (Å²) >= 11 is 9.98. The van der Waals surface area contributed by atoms with Gasteiger partial charge < -0.3 is 5.32 Å². The zero-order valence-electron chi connectivity index (χ0n) is 13.2. The first-order valence-electron chi connectivity index (χ1n) is 8.45. The smallest absolute Gasteiger partial charge is 0.168 e. The van der Waals surface area contributed by atoms with Crippen LogP contribution in [0, 0.1) is 5.92 Å². The number of carbonyl (C=O) groups is 1. The predicted octanol–water partition coefficient (Wildman–Crippen LogP) is 5.07. The van der Waals surface area contributed by atoms with Crippen molar-refractivity contribution in [3.05, 3.63) is 47.2 Å². The van der Waals surface area contributed by atoms with Crippen molar-refractivity contribution >= 4 is 33.3 Å². The first kappa shape index (κ1) is 17.0. The fourth-order valence-corrected chi connectivity index (χ4v) is 4.39.